The third-order valence-electron chi connectivity index (χ3n) is 2.56. The number of aromatic nitrogens is 1. The molecule has 0 saturated heterocycles. The minimum Gasteiger partial charge on any atom is -0.494 e. The van der Waals surface area contributed by atoms with Crippen molar-refractivity contribution in [3.8, 4) is 5.75 Å². The zero-order chi connectivity index (χ0) is 11.9. The number of nitrogens with zero attached hydrogens (tertiary/aromatic N) is 1. The van der Waals surface area contributed by atoms with Crippen LogP contribution in [-0.4, -0.2) is 12.1 Å². The van der Waals surface area contributed by atoms with Crippen molar-refractivity contribution in [1.82, 2.24) is 4.98 Å². The first-order chi connectivity index (χ1) is 7.41. The second-order valence-electron chi connectivity index (χ2n) is 4.83. The van der Waals surface area contributed by atoms with E-state index in [1.807, 2.05) is 6.07 Å². The molecule has 0 aliphatic rings. The Morgan fingerprint density at radius 2 is 2.00 bits per heavy atom. The van der Waals surface area contributed by atoms with E-state index in [1.54, 1.807) is 7.11 Å². The van der Waals surface area contributed by atoms with Gasteiger partial charge in [0, 0.05) is 0 Å². The van der Waals surface area contributed by atoms with Crippen LogP contribution in [0.15, 0.2) is 12.1 Å². The van der Waals surface area contributed by atoms with Crippen molar-refractivity contribution >= 4 is 26.7 Å². The predicted octanol–water partition coefficient (Wildman–Crippen LogP) is 3.18. The molecule has 0 aliphatic heterocycles. The molecule has 0 saturated carbocycles. The molecule has 0 atom stereocenters. The fourth-order valence-corrected chi connectivity index (χ4v) is 2.40. The van der Waals surface area contributed by atoms with Gasteiger partial charge in [-0.1, -0.05) is 32.1 Å². The number of hydrogen-bond donors (Lipinski definition) is 1. The van der Waals surface area contributed by atoms with Gasteiger partial charge >= 0.3 is 0 Å². The average Bonchev–Trinajstić information content (AvgIpc) is 2.54. The Bertz CT molecular complexity index is 526. The highest BCUT2D eigenvalue weighted by Crippen LogP contribution is 2.36. The van der Waals surface area contributed by atoms with Crippen LogP contribution in [0.2, 0.25) is 0 Å². The Balaban J connectivity index is 2.72. The Kier molecular flexibility index (Phi) is 2.54. The van der Waals surface area contributed by atoms with Crippen LogP contribution in [-0.2, 0) is 5.41 Å². The third kappa shape index (κ3) is 1.85. The van der Waals surface area contributed by atoms with Crippen LogP contribution in [0, 0.1) is 0 Å². The fourth-order valence-electron chi connectivity index (χ4n) is 1.60. The number of hydrogen-bond acceptors (Lipinski definition) is 4. The standard InChI is InChI=1S/C12H16N2OS/c1-12(2,3)7-5-8(15-4)10-9(6-7)16-11(13)14-10/h5-6H,1-4H3,(H2,13,14). The summed E-state index contributed by atoms with van der Waals surface area (Å²) in [7, 11) is 1.66. The van der Waals surface area contributed by atoms with Crippen molar-refractivity contribution in [2.45, 2.75) is 26.2 Å². The van der Waals surface area contributed by atoms with E-state index in [4.69, 9.17) is 10.5 Å². The summed E-state index contributed by atoms with van der Waals surface area (Å²) in [6.07, 6.45) is 0. The third-order valence-corrected chi connectivity index (χ3v) is 3.39. The highest BCUT2D eigenvalue weighted by molar-refractivity contribution is 7.22. The maximum Gasteiger partial charge on any atom is 0.181 e. The molecule has 0 amide bonds. The van der Waals surface area contributed by atoms with E-state index in [0.29, 0.717) is 5.13 Å². The first-order valence-electron chi connectivity index (χ1n) is 5.16. The molecule has 0 unspecified atom stereocenters. The number of nitrogen functional groups attached to an aromatic ring is 1. The quantitative estimate of drug-likeness (QED) is 0.827. The van der Waals surface area contributed by atoms with Crippen LogP contribution in [0.4, 0.5) is 5.13 Å². The van der Waals surface area contributed by atoms with E-state index in [2.05, 4.69) is 31.8 Å². The van der Waals surface area contributed by atoms with Gasteiger partial charge in [-0.3, -0.25) is 0 Å². The van der Waals surface area contributed by atoms with Crippen molar-refractivity contribution in [3.05, 3.63) is 17.7 Å². The summed E-state index contributed by atoms with van der Waals surface area (Å²) in [5, 5.41) is 0.583. The molecule has 1 aromatic heterocycles. The number of anilines is 1. The van der Waals surface area contributed by atoms with Crippen LogP contribution in [0.5, 0.6) is 5.75 Å². The summed E-state index contributed by atoms with van der Waals surface area (Å²) in [4.78, 5) is 4.28. The van der Waals surface area contributed by atoms with E-state index < -0.39 is 0 Å². The monoisotopic (exact) mass is 236 g/mol. The van der Waals surface area contributed by atoms with Gasteiger partial charge in [0.15, 0.2) is 5.13 Å². The molecule has 0 spiro atoms. The van der Waals surface area contributed by atoms with Crippen molar-refractivity contribution < 1.29 is 4.74 Å². The van der Waals surface area contributed by atoms with E-state index in [9.17, 15) is 0 Å². The Hall–Kier alpha value is -1.29. The second kappa shape index (κ2) is 3.63. The Labute approximate surface area is 99.3 Å². The maximum atomic E-state index is 5.73. The highest BCUT2D eigenvalue weighted by atomic mass is 32.1. The van der Waals surface area contributed by atoms with Gasteiger partial charge in [0.05, 0.1) is 11.8 Å². The number of fused-ring (bicyclic) bond motifs is 1. The molecule has 0 bridgehead atoms. The van der Waals surface area contributed by atoms with Crippen molar-refractivity contribution in [1.29, 1.82) is 0 Å². The summed E-state index contributed by atoms with van der Waals surface area (Å²) in [6.45, 7) is 6.54. The second-order valence-corrected chi connectivity index (χ2v) is 5.89. The zero-order valence-corrected chi connectivity index (χ0v) is 10.8. The molecule has 16 heavy (non-hydrogen) atoms. The zero-order valence-electron chi connectivity index (χ0n) is 10.00. The molecule has 2 rings (SSSR count). The van der Waals surface area contributed by atoms with Gasteiger partial charge in [0.1, 0.15) is 11.3 Å². The van der Waals surface area contributed by atoms with E-state index in [-0.39, 0.29) is 5.41 Å². The lowest BCUT2D eigenvalue weighted by atomic mass is 9.87. The van der Waals surface area contributed by atoms with Gasteiger partial charge in [-0.25, -0.2) is 4.98 Å². The van der Waals surface area contributed by atoms with Crippen LogP contribution in [0.25, 0.3) is 10.2 Å². The molecule has 3 nitrogen and oxygen atoms in total. The number of nitrogens with two attached hydrogens (primary N) is 1. The molecule has 86 valence electrons. The lowest BCUT2D eigenvalue weighted by Crippen LogP contribution is -2.10. The summed E-state index contributed by atoms with van der Waals surface area (Å²) in [5.41, 5.74) is 7.92. The van der Waals surface area contributed by atoms with Crippen LogP contribution in [0.3, 0.4) is 0 Å². The van der Waals surface area contributed by atoms with Gasteiger partial charge in [0.25, 0.3) is 0 Å². The van der Waals surface area contributed by atoms with Crippen molar-refractivity contribution in [2.75, 3.05) is 12.8 Å². The molecular weight excluding hydrogens is 220 g/mol. The lowest BCUT2D eigenvalue weighted by molar-refractivity contribution is 0.417. The van der Waals surface area contributed by atoms with Gasteiger partial charge in [0.2, 0.25) is 0 Å². The molecule has 1 heterocycles. The molecule has 2 aromatic rings. The molecule has 0 radical (unpaired) electrons. The van der Waals surface area contributed by atoms with E-state index in [0.717, 1.165) is 16.0 Å². The summed E-state index contributed by atoms with van der Waals surface area (Å²) >= 11 is 1.50. The molecule has 2 N–H and O–H groups in total. The molecule has 1 aromatic carbocycles. The number of ether oxygens (including phenoxy) is 1. The number of methoxy groups -OCH3 is 1. The number of rotatable bonds is 1. The average molecular weight is 236 g/mol. The smallest absolute Gasteiger partial charge is 0.181 e. The predicted molar refractivity (Wildman–Crippen MR) is 69.3 cm³/mol. The first-order valence-corrected chi connectivity index (χ1v) is 5.98. The summed E-state index contributed by atoms with van der Waals surface area (Å²) in [5.74, 6) is 0.801. The van der Waals surface area contributed by atoms with Crippen LogP contribution < -0.4 is 10.5 Å². The molecular formula is C12H16N2OS. The maximum absolute atomic E-state index is 5.73. The van der Waals surface area contributed by atoms with Gasteiger partial charge < -0.3 is 10.5 Å². The fraction of sp³-hybridized carbons (Fsp3) is 0.417. The minimum atomic E-state index is 0.0974. The Morgan fingerprint density at radius 1 is 1.31 bits per heavy atom. The summed E-state index contributed by atoms with van der Waals surface area (Å²) < 4.78 is 6.45. The first kappa shape index (κ1) is 11.2. The Morgan fingerprint density at radius 3 is 2.56 bits per heavy atom. The molecule has 0 fully saturated rings. The number of benzene rings is 1. The van der Waals surface area contributed by atoms with Gasteiger partial charge in [-0.15, -0.1) is 0 Å². The van der Waals surface area contributed by atoms with E-state index >= 15 is 0 Å². The van der Waals surface area contributed by atoms with Crippen molar-refractivity contribution in [2.24, 2.45) is 0 Å². The number of thiazole rings is 1. The highest BCUT2D eigenvalue weighted by Gasteiger charge is 2.18. The largest absolute Gasteiger partial charge is 0.494 e. The topological polar surface area (TPSA) is 48.1 Å². The van der Waals surface area contributed by atoms with Gasteiger partial charge in [-0.2, -0.15) is 0 Å². The summed E-state index contributed by atoms with van der Waals surface area (Å²) in [6, 6.07) is 4.19. The SMILES string of the molecule is COc1cc(C(C)(C)C)cc2sc(N)nc12. The normalized spacial score (nSPS) is 12.0. The van der Waals surface area contributed by atoms with Gasteiger partial charge in [-0.05, 0) is 23.1 Å². The molecule has 0 aliphatic carbocycles. The van der Waals surface area contributed by atoms with Crippen molar-refractivity contribution in [3.63, 3.8) is 0 Å². The lowest BCUT2D eigenvalue weighted by Gasteiger charge is -2.19. The molecule has 4 heteroatoms. The minimum absolute atomic E-state index is 0.0974. The van der Waals surface area contributed by atoms with E-state index in [1.165, 1.54) is 16.9 Å². The van der Waals surface area contributed by atoms with Crippen LogP contribution in [0.1, 0.15) is 26.3 Å². The van der Waals surface area contributed by atoms with Crippen LogP contribution >= 0.6 is 11.3 Å².